The van der Waals surface area contributed by atoms with Crippen LogP contribution in [0.5, 0.6) is 0 Å². The number of nitrogens with zero attached hydrogens (tertiary/aromatic N) is 3. The highest BCUT2D eigenvalue weighted by molar-refractivity contribution is 6.02. The van der Waals surface area contributed by atoms with Crippen LogP contribution in [0.15, 0.2) is 29.1 Å². The number of hydrogen-bond acceptors (Lipinski definition) is 5. The van der Waals surface area contributed by atoms with Gasteiger partial charge in [0.1, 0.15) is 5.69 Å². The zero-order valence-corrected chi connectivity index (χ0v) is 17.5. The number of anilines is 1. The van der Waals surface area contributed by atoms with Crippen molar-refractivity contribution in [3.8, 4) is 5.69 Å². The Morgan fingerprint density at radius 1 is 1.17 bits per heavy atom. The lowest BCUT2D eigenvalue weighted by Gasteiger charge is -2.28. The number of pyridine rings is 1. The number of benzene rings is 1. The highest BCUT2D eigenvalue weighted by Crippen LogP contribution is 2.25. The number of amides is 3. The second-order valence-corrected chi connectivity index (χ2v) is 7.50. The van der Waals surface area contributed by atoms with Crippen molar-refractivity contribution in [3.05, 3.63) is 57.0 Å². The zero-order valence-electron chi connectivity index (χ0n) is 17.5. The quantitative estimate of drug-likeness (QED) is 0.737. The maximum atomic E-state index is 13.1. The van der Waals surface area contributed by atoms with Crippen LogP contribution in [-0.4, -0.2) is 66.3 Å². The van der Waals surface area contributed by atoms with Gasteiger partial charge in [0.05, 0.1) is 12.1 Å². The largest absolute Gasteiger partial charge is 0.376 e. The third-order valence-electron chi connectivity index (χ3n) is 5.27. The molecule has 2 aromatic rings. The number of rotatable bonds is 5. The van der Waals surface area contributed by atoms with Crippen molar-refractivity contribution in [2.75, 3.05) is 39.5 Å². The molecular formula is C21H25N5O4. The van der Waals surface area contributed by atoms with E-state index in [0.717, 1.165) is 0 Å². The molecule has 9 nitrogen and oxygen atoms in total. The molecule has 9 heteroatoms. The molecule has 1 aromatic carbocycles. The SMILES string of the molecule is Cc1c2c(c(C(N)=O)n(-c3ccc(NCC(=O)N(C)C)cc3)c1=O)CCN(C)C2=O. The molecule has 3 rings (SSSR count). The average Bonchev–Trinajstić information content (AvgIpc) is 2.71. The van der Waals surface area contributed by atoms with E-state index in [2.05, 4.69) is 5.32 Å². The molecule has 0 atom stereocenters. The van der Waals surface area contributed by atoms with Gasteiger partial charge in [-0.25, -0.2) is 0 Å². The first kappa shape index (κ1) is 21.1. The molecule has 1 aliphatic heterocycles. The summed E-state index contributed by atoms with van der Waals surface area (Å²) in [6.07, 6.45) is 0.434. The van der Waals surface area contributed by atoms with Gasteiger partial charge in [0, 0.05) is 44.6 Å². The molecule has 0 bridgehead atoms. The molecule has 0 aliphatic carbocycles. The highest BCUT2D eigenvalue weighted by atomic mass is 16.2. The lowest BCUT2D eigenvalue weighted by molar-refractivity contribution is -0.126. The van der Waals surface area contributed by atoms with Gasteiger partial charge in [-0.05, 0) is 43.2 Å². The lowest BCUT2D eigenvalue weighted by Crippen LogP contribution is -2.41. The molecule has 30 heavy (non-hydrogen) atoms. The van der Waals surface area contributed by atoms with Gasteiger partial charge in [0.25, 0.3) is 17.4 Å². The predicted molar refractivity (Wildman–Crippen MR) is 113 cm³/mol. The average molecular weight is 411 g/mol. The van der Waals surface area contributed by atoms with Gasteiger partial charge in [0.15, 0.2) is 0 Å². The van der Waals surface area contributed by atoms with Crippen LogP contribution in [0.4, 0.5) is 5.69 Å². The van der Waals surface area contributed by atoms with E-state index < -0.39 is 11.5 Å². The van der Waals surface area contributed by atoms with Crippen molar-refractivity contribution in [2.24, 2.45) is 5.73 Å². The number of nitrogens with one attached hydrogen (secondary N) is 1. The maximum absolute atomic E-state index is 13.1. The molecule has 158 valence electrons. The number of fused-ring (bicyclic) bond motifs is 1. The Balaban J connectivity index is 2.07. The van der Waals surface area contributed by atoms with Gasteiger partial charge >= 0.3 is 0 Å². The van der Waals surface area contributed by atoms with E-state index >= 15 is 0 Å². The molecule has 3 amide bonds. The van der Waals surface area contributed by atoms with Crippen molar-refractivity contribution >= 4 is 23.4 Å². The van der Waals surface area contributed by atoms with Gasteiger partial charge in [-0.1, -0.05) is 0 Å². The molecule has 0 radical (unpaired) electrons. The zero-order chi connectivity index (χ0) is 22.2. The van der Waals surface area contributed by atoms with Crippen molar-refractivity contribution in [2.45, 2.75) is 13.3 Å². The Hall–Kier alpha value is -3.62. The molecule has 0 spiro atoms. The molecular weight excluding hydrogens is 386 g/mol. The Kier molecular flexibility index (Phi) is 5.64. The first-order valence-electron chi connectivity index (χ1n) is 9.51. The summed E-state index contributed by atoms with van der Waals surface area (Å²) in [7, 11) is 5.00. The van der Waals surface area contributed by atoms with Gasteiger partial charge in [-0.3, -0.25) is 23.7 Å². The number of primary amides is 1. The van der Waals surface area contributed by atoms with E-state index in [0.29, 0.717) is 29.9 Å². The van der Waals surface area contributed by atoms with E-state index in [1.54, 1.807) is 52.3 Å². The van der Waals surface area contributed by atoms with Crippen LogP contribution in [0.3, 0.4) is 0 Å². The van der Waals surface area contributed by atoms with Crippen LogP contribution in [0, 0.1) is 6.92 Å². The van der Waals surface area contributed by atoms with Crippen LogP contribution >= 0.6 is 0 Å². The van der Waals surface area contributed by atoms with E-state index in [4.69, 9.17) is 5.73 Å². The minimum atomic E-state index is -0.764. The molecule has 1 aliphatic rings. The van der Waals surface area contributed by atoms with Crippen LogP contribution in [0.2, 0.25) is 0 Å². The van der Waals surface area contributed by atoms with E-state index in [9.17, 15) is 19.2 Å². The summed E-state index contributed by atoms with van der Waals surface area (Å²) in [4.78, 5) is 52.8. The van der Waals surface area contributed by atoms with Gasteiger partial charge < -0.3 is 20.9 Å². The number of nitrogens with two attached hydrogens (primary N) is 1. The second-order valence-electron chi connectivity index (χ2n) is 7.50. The fourth-order valence-corrected chi connectivity index (χ4v) is 3.53. The summed E-state index contributed by atoms with van der Waals surface area (Å²) in [6.45, 7) is 2.15. The lowest BCUT2D eigenvalue weighted by atomic mass is 9.93. The molecule has 2 heterocycles. The minimum absolute atomic E-state index is 0.0329. The number of carbonyl (C=O) groups excluding carboxylic acids is 3. The van der Waals surface area contributed by atoms with Crippen LogP contribution in [0.25, 0.3) is 5.69 Å². The standard InChI is InChI=1S/C21H25N5O4/c1-12-17-15(9-10-25(4)21(17)30)18(19(22)28)26(20(12)29)14-7-5-13(6-8-14)23-11-16(27)24(2)3/h5-8,23H,9-11H2,1-4H3,(H2,22,28). The topological polar surface area (TPSA) is 118 Å². The molecule has 1 aromatic heterocycles. The van der Waals surface area contributed by atoms with Gasteiger partial charge in [-0.2, -0.15) is 0 Å². The monoisotopic (exact) mass is 411 g/mol. The van der Waals surface area contributed by atoms with E-state index in [1.165, 1.54) is 14.4 Å². The van der Waals surface area contributed by atoms with Crippen LogP contribution in [0.1, 0.15) is 32.0 Å². The molecule has 0 unspecified atom stereocenters. The predicted octanol–water partition coefficient (Wildman–Crippen LogP) is 0.373. The summed E-state index contributed by atoms with van der Waals surface area (Å²) in [5, 5.41) is 3.01. The van der Waals surface area contributed by atoms with Crippen molar-refractivity contribution in [3.63, 3.8) is 0 Å². The first-order valence-corrected chi connectivity index (χ1v) is 9.51. The van der Waals surface area contributed by atoms with Crippen molar-refractivity contribution in [1.29, 1.82) is 0 Å². The van der Waals surface area contributed by atoms with Gasteiger partial charge in [0.2, 0.25) is 5.91 Å². The van der Waals surface area contributed by atoms with Gasteiger partial charge in [-0.15, -0.1) is 0 Å². The number of aromatic nitrogens is 1. The summed E-state index contributed by atoms with van der Waals surface area (Å²) in [5.74, 6) is -1.13. The van der Waals surface area contributed by atoms with E-state index in [-0.39, 0.29) is 35.2 Å². The second kappa shape index (κ2) is 8.02. The summed E-state index contributed by atoms with van der Waals surface area (Å²) >= 11 is 0. The Bertz CT molecular complexity index is 1090. The third-order valence-corrected chi connectivity index (χ3v) is 5.27. The minimum Gasteiger partial charge on any atom is -0.376 e. The van der Waals surface area contributed by atoms with Crippen LogP contribution < -0.4 is 16.6 Å². The molecule has 0 saturated carbocycles. The fourth-order valence-electron chi connectivity index (χ4n) is 3.53. The first-order chi connectivity index (χ1) is 14.1. The third kappa shape index (κ3) is 3.66. The smallest absolute Gasteiger partial charge is 0.266 e. The molecule has 0 saturated heterocycles. The van der Waals surface area contributed by atoms with Crippen LogP contribution in [-0.2, 0) is 11.2 Å². The molecule has 3 N–H and O–H groups in total. The Labute approximate surface area is 174 Å². The summed E-state index contributed by atoms with van der Waals surface area (Å²) in [5.41, 5.74) is 7.40. The van der Waals surface area contributed by atoms with Crippen molar-refractivity contribution in [1.82, 2.24) is 14.4 Å². The van der Waals surface area contributed by atoms with Crippen molar-refractivity contribution < 1.29 is 14.4 Å². The van der Waals surface area contributed by atoms with E-state index in [1.807, 2.05) is 0 Å². The Morgan fingerprint density at radius 3 is 2.37 bits per heavy atom. The summed E-state index contributed by atoms with van der Waals surface area (Å²) in [6, 6.07) is 6.75. The number of carbonyl (C=O) groups is 3. The normalized spacial score (nSPS) is 13.1. The summed E-state index contributed by atoms with van der Waals surface area (Å²) < 4.78 is 1.27. The Morgan fingerprint density at radius 2 is 1.80 bits per heavy atom. The molecule has 0 fully saturated rings. The number of likely N-dealkylation sites (N-methyl/N-ethyl adjacent to an activating group) is 2. The fraction of sp³-hybridized carbons (Fsp3) is 0.333. The number of hydrogen-bond donors (Lipinski definition) is 2. The maximum Gasteiger partial charge on any atom is 0.266 e. The highest BCUT2D eigenvalue weighted by Gasteiger charge is 2.31.